The van der Waals surface area contributed by atoms with Crippen LogP contribution in [0.1, 0.15) is 29.6 Å². The number of aromatic nitrogens is 3. The minimum atomic E-state index is 0.314. The van der Waals surface area contributed by atoms with Crippen molar-refractivity contribution in [2.24, 2.45) is 0 Å². The van der Waals surface area contributed by atoms with Crippen LogP contribution in [0.3, 0.4) is 0 Å². The molecule has 1 unspecified atom stereocenters. The van der Waals surface area contributed by atoms with Crippen molar-refractivity contribution < 1.29 is 0 Å². The Morgan fingerprint density at radius 3 is 3.18 bits per heavy atom. The molecule has 0 aliphatic carbocycles. The number of nitrogens with zero attached hydrogens (tertiary/aromatic N) is 3. The van der Waals surface area contributed by atoms with Gasteiger partial charge in [0.15, 0.2) is 5.13 Å². The molecule has 22 heavy (non-hydrogen) atoms. The van der Waals surface area contributed by atoms with E-state index in [0.29, 0.717) is 11.2 Å². The van der Waals surface area contributed by atoms with Gasteiger partial charge in [0.2, 0.25) is 0 Å². The monoisotopic (exact) mass is 333 g/mol. The lowest BCUT2D eigenvalue weighted by Gasteiger charge is -2.21. The molecule has 5 nitrogen and oxygen atoms in total. The maximum atomic E-state index is 6.05. The summed E-state index contributed by atoms with van der Waals surface area (Å²) in [6, 6.07) is 6.08. The van der Waals surface area contributed by atoms with Gasteiger partial charge >= 0.3 is 0 Å². The van der Waals surface area contributed by atoms with Crippen molar-refractivity contribution >= 4 is 39.1 Å². The third-order valence-electron chi connectivity index (χ3n) is 4.07. The van der Waals surface area contributed by atoms with Crippen LogP contribution in [-0.2, 0) is 6.54 Å². The molecule has 0 amide bonds. The maximum Gasteiger partial charge on any atom is 0.180 e. The number of likely N-dealkylation sites (tertiary alicyclic amines) is 1. The van der Waals surface area contributed by atoms with Gasteiger partial charge in [-0.1, -0.05) is 11.6 Å². The molecule has 114 valence electrons. The van der Waals surface area contributed by atoms with Crippen molar-refractivity contribution in [3.8, 4) is 0 Å². The number of benzene rings is 1. The highest BCUT2D eigenvalue weighted by Crippen LogP contribution is 2.33. The van der Waals surface area contributed by atoms with Gasteiger partial charge in [0.1, 0.15) is 5.82 Å². The molecular formula is C15H16ClN5S. The third-order valence-corrected chi connectivity index (χ3v) is 5.12. The summed E-state index contributed by atoms with van der Waals surface area (Å²) in [5, 5.41) is 1.36. The number of thiazole rings is 1. The van der Waals surface area contributed by atoms with Crippen LogP contribution < -0.4 is 5.73 Å². The molecule has 0 saturated carbocycles. The van der Waals surface area contributed by atoms with Gasteiger partial charge in [-0.15, -0.1) is 11.3 Å². The van der Waals surface area contributed by atoms with E-state index < -0.39 is 0 Å². The average molecular weight is 334 g/mol. The second-order valence-corrected chi connectivity index (χ2v) is 7.16. The lowest BCUT2D eigenvalue weighted by atomic mass is 10.2. The van der Waals surface area contributed by atoms with Crippen LogP contribution in [0, 0.1) is 0 Å². The Bertz CT molecular complexity index is 811. The van der Waals surface area contributed by atoms with E-state index in [1.165, 1.54) is 11.3 Å². The standard InChI is InChI=1S/C15H16ClN5S/c16-9-3-4-11-12(6-9)20-14(19-11)13-2-1-5-21(13)8-10-7-18-15(17)22-10/h3-4,6-7,13H,1-2,5,8H2,(H2,17,18)(H,19,20). The molecule has 0 radical (unpaired) electrons. The molecule has 1 aliphatic heterocycles. The Hall–Kier alpha value is -1.63. The highest BCUT2D eigenvalue weighted by atomic mass is 35.5. The summed E-state index contributed by atoms with van der Waals surface area (Å²) in [4.78, 5) is 15.9. The van der Waals surface area contributed by atoms with E-state index in [2.05, 4.69) is 14.9 Å². The van der Waals surface area contributed by atoms with Gasteiger partial charge in [-0.05, 0) is 37.6 Å². The number of aromatic amines is 1. The molecule has 1 aromatic carbocycles. The van der Waals surface area contributed by atoms with Gasteiger partial charge in [0, 0.05) is 22.6 Å². The van der Waals surface area contributed by atoms with Gasteiger partial charge in [0.05, 0.1) is 17.1 Å². The van der Waals surface area contributed by atoms with Crippen LogP contribution >= 0.6 is 22.9 Å². The second-order valence-electron chi connectivity index (χ2n) is 5.58. The minimum absolute atomic E-state index is 0.314. The Balaban J connectivity index is 1.61. The maximum absolute atomic E-state index is 6.05. The average Bonchev–Trinajstić information content (AvgIpc) is 3.18. The summed E-state index contributed by atoms with van der Waals surface area (Å²) in [5.41, 5.74) is 7.68. The number of anilines is 1. The number of H-pyrrole nitrogens is 1. The SMILES string of the molecule is Nc1ncc(CN2CCCC2c2nc3ccc(Cl)cc3[nH]2)s1. The van der Waals surface area contributed by atoms with Crippen LogP contribution in [-0.4, -0.2) is 26.4 Å². The number of nitrogen functional groups attached to an aromatic ring is 1. The van der Waals surface area contributed by atoms with E-state index >= 15 is 0 Å². The molecule has 3 aromatic rings. The first-order valence-corrected chi connectivity index (χ1v) is 8.48. The van der Waals surface area contributed by atoms with Crippen molar-refractivity contribution in [3.63, 3.8) is 0 Å². The third kappa shape index (κ3) is 2.58. The molecule has 0 bridgehead atoms. The van der Waals surface area contributed by atoms with Crippen molar-refractivity contribution in [2.45, 2.75) is 25.4 Å². The Labute approximate surface area is 137 Å². The normalized spacial score (nSPS) is 19.2. The Kier molecular flexibility index (Phi) is 3.52. The Morgan fingerprint density at radius 1 is 1.45 bits per heavy atom. The summed E-state index contributed by atoms with van der Waals surface area (Å²) < 4.78 is 0. The highest BCUT2D eigenvalue weighted by molar-refractivity contribution is 7.15. The molecule has 7 heteroatoms. The van der Waals surface area contributed by atoms with E-state index in [1.54, 1.807) is 11.3 Å². The van der Waals surface area contributed by atoms with Gasteiger partial charge < -0.3 is 10.7 Å². The first-order valence-electron chi connectivity index (χ1n) is 7.28. The van der Waals surface area contributed by atoms with Crippen molar-refractivity contribution in [2.75, 3.05) is 12.3 Å². The van der Waals surface area contributed by atoms with Crippen molar-refractivity contribution in [3.05, 3.63) is 40.1 Å². The first-order chi connectivity index (χ1) is 10.7. The zero-order chi connectivity index (χ0) is 15.1. The van der Waals surface area contributed by atoms with Gasteiger partial charge in [0.25, 0.3) is 0 Å². The number of nitrogens with one attached hydrogen (secondary N) is 1. The predicted molar refractivity (Wildman–Crippen MR) is 90.0 cm³/mol. The lowest BCUT2D eigenvalue weighted by molar-refractivity contribution is 0.243. The highest BCUT2D eigenvalue weighted by Gasteiger charge is 2.28. The number of halogens is 1. The van der Waals surface area contributed by atoms with Crippen molar-refractivity contribution in [1.82, 2.24) is 19.9 Å². The number of rotatable bonds is 3. The topological polar surface area (TPSA) is 70.8 Å². The van der Waals surface area contributed by atoms with Gasteiger partial charge in [-0.3, -0.25) is 4.90 Å². The zero-order valence-electron chi connectivity index (χ0n) is 11.9. The molecule has 4 rings (SSSR count). The Morgan fingerprint density at radius 2 is 2.36 bits per heavy atom. The zero-order valence-corrected chi connectivity index (χ0v) is 13.5. The van der Waals surface area contributed by atoms with E-state index in [9.17, 15) is 0 Å². The minimum Gasteiger partial charge on any atom is -0.375 e. The van der Waals surface area contributed by atoms with E-state index in [0.717, 1.165) is 41.4 Å². The van der Waals surface area contributed by atoms with Crippen LogP contribution in [0.5, 0.6) is 0 Å². The lowest BCUT2D eigenvalue weighted by Crippen LogP contribution is -2.23. The fourth-order valence-electron chi connectivity index (χ4n) is 3.08. The molecule has 1 saturated heterocycles. The molecule has 0 spiro atoms. The summed E-state index contributed by atoms with van der Waals surface area (Å²) in [5.74, 6) is 1.02. The van der Waals surface area contributed by atoms with Gasteiger partial charge in [-0.25, -0.2) is 9.97 Å². The van der Waals surface area contributed by atoms with Crippen LogP contribution in [0.15, 0.2) is 24.4 Å². The predicted octanol–water partition coefficient (Wildman–Crippen LogP) is 3.59. The molecule has 3 N–H and O–H groups in total. The van der Waals surface area contributed by atoms with Crippen LogP contribution in [0.4, 0.5) is 5.13 Å². The largest absolute Gasteiger partial charge is 0.375 e. The molecule has 2 aromatic heterocycles. The fraction of sp³-hybridized carbons (Fsp3) is 0.333. The summed E-state index contributed by atoms with van der Waals surface area (Å²) in [6.45, 7) is 1.94. The first kappa shape index (κ1) is 14.0. The molecule has 1 aliphatic rings. The molecular weight excluding hydrogens is 318 g/mol. The number of fused-ring (bicyclic) bond motifs is 1. The fourth-order valence-corrected chi connectivity index (χ4v) is 3.96. The van der Waals surface area contributed by atoms with Crippen LogP contribution in [0.2, 0.25) is 5.02 Å². The summed E-state index contributed by atoms with van der Waals surface area (Å²) in [6.07, 6.45) is 4.16. The number of hydrogen-bond acceptors (Lipinski definition) is 5. The van der Waals surface area contributed by atoms with Crippen molar-refractivity contribution in [1.29, 1.82) is 0 Å². The van der Waals surface area contributed by atoms with Crippen LogP contribution in [0.25, 0.3) is 11.0 Å². The van der Waals surface area contributed by atoms with E-state index in [4.69, 9.17) is 22.3 Å². The summed E-state index contributed by atoms with van der Waals surface area (Å²) in [7, 11) is 0. The van der Waals surface area contributed by atoms with E-state index in [-0.39, 0.29) is 0 Å². The second kappa shape index (κ2) is 5.53. The molecule has 3 heterocycles. The summed E-state index contributed by atoms with van der Waals surface area (Å²) >= 11 is 7.61. The molecule has 1 fully saturated rings. The van der Waals surface area contributed by atoms with Gasteiger partial charge in [-0.2, -0.15) is 0 Å². The van der Waals surface area contributed by atoms with E-state index in [1.807, 2.05) is 24.4 Å². The quantitative estimate of drug-likeness (QED) is 0.768. The number of hydrogen-bond donors (Lipinski definition) is 2. The number of imidazole rings is 1. The smallest absolute Gasteiger partial charge is 0.180 e. The number of nitrogens with two attached hydrogens (primary N) is 1. The molecule has 1 atom stereocenters.